The quantitative estimate of drug-likeness (QED) is 0.0212. The summed E-state index contributed by atoms with van der Waals surface area (Å²) in [6.45, 7) is -1.86. The van der Waals surface area contributed by atoms with Crippen molar-refractivity contribution < 1.29 is 175 Å². The van der Waals surface area contributed by atoms with Crippen LogP contribution in [0.5, 0.6) is 0 Å². The molecule has 4 aliphatic heterocycles. The Kier molecular flexibility index (Phi) is 35.8. The summed E-state index contributed by atoms with van der Waals surface area (Å²) in [5.41, 5.74) is -1.50. The molecule has 0 amide bonds. The van der Waals surface area contributed by atoms with Crippen molar-refractivity contribution >= 4 is 93.9 Å². The zero-order valence-corrected chi connectivity index (χ0v) is 80.8. The van der Waals surface area contributed by atoms with Crippen molar-refractivity contribution in [1.82, 2.24) is 18.6 Å². The molecule has 4 saturated heterocycles. The average molecular weight is 2080 g/mol. The number of carbonyl (C=O) groups is 13. The molecule has 10 aromatic carbocycles. The first-order valence-electron chi connectivity index (χ1n) is 46.3. The molecule has 6 heterocycles. The molecule has 0 saturated carbocycles. The van der Waals surface area contributed by atoms with E-state index in [9.17, 15) is 33.7 Å². The molecule has 1 unspecified atom stereocenters. The van der Waals surface area contributed by atoms with Gasteiger partial charge in [-0.05, 0) is 121 Å². The summed E-state index contributed by atoms with van der Waals surface area (Å²) in [6.07, 6.45) is -37.2. The van der Waals surface area contributed by atoms with E-state index in [2.05, 4.69) is 9.97 Å². The Bertz CT molecular complexity index is 6580. The van der Waals surface area contributed by atoms with Crippen LogP contribution in [-0.2, 0) is 123 Å². The average Bonchev–Trinajstić information content (AvgIpc) is 1.13. The molecule has 0 bridgehead atoms. The molecule has 2 aromatic heterocycles. The molecule has 12 aromatic rings. The van der Waals surface area contributed by atoms with Crippen LogP contribution in [0.15, 0.2) is 341 Å². The van der Waals surface area contributed by atoms with E-state index < -0.39 is 243 Å². The van der Waals surface area contributed by atoms with Crippen LogP contribution in [0.3, 0.4) is 0 Å². The number of phosphoric acid groups is 1. The van der Waals surface area contributed by atoms with Gasteiger partial charge in [0.1, 0.15) is 63.0 Å². The minimum Gasteiger partial charge on any atom is -0.463 e. The Balaban J connectivity index is 0.850. The van der Waals surface area contributed by atoms with Crippen LogP contribution in [0.1, 0.15) is 124 Å². The van der Waals surface area contributed by atoms with Crippen LogP contribution in [0.4, 0.5) is 0 Å². The number of ether oxygens (including phenoxy) is 19. The van der Waals surface area contributed by atoms with Crippen LogP contribution < -0.4 is 0 Å². The normalized spacial score (nSPS) is 23.8. The van der Waals surface area contributed by atoms with Gasteiger partial charge in [0, 0.05) is 45.6 Å². The molecule has 0 spiro atoms. The van der Waals surface area contributed by atoms with E-state index in [-0.39, 0.29) is 55.6 Å². The molecular formula is C106H94N4O37P2. The van der Waals surface area contributed by atoms with Gasteiger partial charge in [-0.25, -0.2) is 62.5 Å². The SMILES string of the molecule is CC(=O)OC[C@H]1O[C@H](OP(=O)(O)OC[C@H]2O[C@@H](O[C@H]3[C@H](OC(=O)c4ccccc4)[C@H](OC(=O)c4ccccc4)[C@@H](OP(n4ccnc4)n4ccnc4)O[C@@H]3COC(=O)c3ccccc3)[C@H](OC(=O)c3ccccc3)[C@@H](OC(=O)c3ccccc3)[C@H]2OC(=O)c2ccccc2)[C@@H](O[C@H]2O[C@H](COC(=O)c3ccccc3)[C@@H](OC(=O)c3ccccc3)[C@H](OC(=O)c3ccccc3)[C@@H]2OC(=O)c2ccccc2)[C@@H](OC(C)=O)[C@@H]1OC(C)=O. The number of imidazole rings is 2. The Morgan fingerprint density at radius 2 is 0.510 bits per heavy atom. The van der Waals surface area contributed by atoms with Crippen molar-refractivity contribution in [2.45, 2.75) is 144 Å². The molecule has 770 valence electrons. The highest BCUT2D eigenvalue weighted by Gasteiger charge is 2.63. The number of benzene rings is 10. The largest absolute Gasteiger partial charge is 0.474 e. The number of phosphoric ester groups is 1. The van der Waals surface area contributed by atoms with Gasteiger partial charge in [-0.3, -0.25) is 36.6 Å². The second kappa shape index (κ2) is 50.4. The Morgan fingerprint density at radius 1 is 0.275 bits per heavy atom. The van der Waals surface area contributed by atoms with Gasteiger partial charge in [-0.15, -0.1) is 0 Å². The van der Waals surface area contributed by atoms with E-state index in [1.807, 2.05) is 0 Å². The molecule has 0 radical (unpaired) electrons. The zero-order valence-electron chi connectivity index (χ0n) is 79.0. The van der Waals surface area contributed by atoms with Crippen molar-refractivity contribution in [1.29, 1.82) is 0 Å². The number of carbonyl (C=O) groups excluding carboxylic acids is 13. The van der Waals surface area contributed by atoms with E-state index in [0.717, 1.165) is 20.8 Å². The lowest BCUT2D eigenvalue weighted by molar-refractivity contribution is -0.358. The van der Waals surface area contributed by atoms with Crippen molar-refractivity contribution in [3.8, 4) is 0 Å². The maximum Gasteiger partial charge on any atom is 0.474 e. The van der Waals surface area contributed by atoms with E-state index in [1.165, 1.54) is 289 Å². The van der Waals surface area contributed by atoms with Gasteiger partial charge in [-0.2, -0.15) is 0 Å². The number of hydrogen-bond acceptors (Lipinski definition) is 38. The van der Waals surface area contributed by atoms with Crippen molar-refractivity contribution in [3.05, 3.63) is 396 Å². The van der Waals surface area contributed by atoms with Crippen molar-refractivity contribution in [3.63, 3.8) is 0 Å². The summed E-state index contributed by atoms with van der Waals surface area (Å²) >= 11 is 0. The summed E-state index contributed by atoms with van der Waals surface area (Å²) in [5.74, 6) is -15.2. The summed E-state index contributed by atoms with van der Waals surface area (Å²) in [7, 11) is -8.80. The van der Waals surface area contributed by atoms with Crippen molar-refractivity contribution in [2.75, 3.05) is 26.4 Å². The van der Waals surface area contributed by atoms with E-state index in [4.69, 9.17) is 104 Å². The molecule has 0 aliphatic carbocycles. The van der Waals surface area contributed by atoms with Gasteiger partial charge in [0.05, 0.1) is 62.2 Å². The van der Waals surface area contributed by atoms with Gasteiger partial charge in [0.2, 0.25) is 6.29 Å². The third-order valence-corrected chi connectivity index (χ3v) is 25.6. The third kappa shape index (κ3) is 27.7. The van der Waals surface area contributed by atoms with Crippen LogP contribution in [0, 0.1) is 0 Å². The summed E-state index contributed by atoms with van der Waals surface area (Å²) in [4.78, 5) is 213. The molecule has 41 nitrogen and oxygen atoms in total. The van der Waals surface area contributed by atoms with Crippen LogP contribution in [0.25, 0.3) is 0 Å². The molecule has 43 heteroatoms. The highest BCUT2D eigenvalue weighted by atomic mass is 31.2. The predicted octanol–water partition coefficient (Wildman–Crippen LogP) is 12.5. The molecule has 149 heavy (non-hydrogen) atoms. The van der Waals surface area contributed by atoms with E-state index in [1.54, 1.807) is 60.7 Å². The van der Waals surface area contributed by atoms with Crippen LogP contribution in [0.2, 0.25) is 0 Å². The standard InChI is InChI=1S/C106H94N4O37P2/c1-64(111)126-58-77-81(130-65(2)112)85(131-66(3)113)92(145-104-90(142-101(122)75-50-30-12-31-51-75)86(138-97(118)71-42-22-8-23-43-71)82(136-95(116)69-38-18-6-19-39-69)78(132-104)59-127-93(114)67-34-14-4-15-35-67)106(135-77)147-149(124,125)129-61-80-83(137-96(117)70-40-20-7-21-41-70)87(139-98(119)72-44-24-9-25-45-72)89(141-100(121)74-48-28-11-29-49-74)103(133-80)144-84-79(60-128-94(115)68-36-16-5-17-37-68)134-105(146-148(109-56-54-107-62-109)110-57-55-108-63-110)91(143-102(123)76-52-32-13-33-53-76)88(84)140-99(120)73-46-26-10-27-47-73/h4-57,62-63,77-92,103-106H,58-61H2,1-3H3,(H,124,125)/t77-,78-,79-,80-,81-,82-,83+,84-,85+,86+,87+,88+,89-,90+,91+,92+,103+,104-,105-,106-/m1/s1. The first-order valence-corrected chi connectivity index (χ1v) is 48.9. The lowest BCUT2D eigenvalue weighted by Gasteiger charge is -2.49. The fourth-order valence-electron chi connectivity index (χ4n) is 16.1. The fourth-order valence-corrected chi connectivity index (χ4v) is 18.4. The number of hydrogen-bond donors (Lipinski definition) is 1. The van der Waals surface area contributed by atoms with Gasteiger partial charge in [0.25, 0.3) is 8.45 Å². The van der Waals surface area contributed by atoms with Gasteiger partial charge in [0.15, 0.2) is 86.0 Å². The monoisotopic (exact) mass is 2080 g/mol. The maximum atomic E-state index is 16.3. The van der Waals surface area contributed by atoms with Gasteiger partial charge in [-0.1, -0.05) is 182 Å². The van der Waals surface area contributed by atoms with Gasteiger partial charge < -0.3 is 94.9 Å². The number of rotatable bonds is 39. The molecule has 21 atom stereocenters. The van der Waals surface area contributed by atoms with Gasteiger partial charge >= 0.3 is 85.4 Å². The Morgan fingerprint density at radius 3 is 0.812 bits per heavy atom. The van der Waals surface area contributed by atoms with Crippen LogP contribution in [-0.4, -0.2) is 250 Å². The fraction of sp³-hybridized carbons (Fsp3) is 0.255. The summed E-state index contributed by atoms with van der Waals surface area (Å²) < 4.78 is 161. The Labute approximate surface area is 850 Å². The lowest BCUT2D eigenvalue weighted by Crippen LogP contribution is -2.67. The molecule has 16 rings (SSSR count). The number of nitrogens with zero attached hydrogens (tertiary/aromatic N) is 4. The highest BCUT2D eigenvalue weighted by molar-refractivity contribution is 7.49. The lowest BCUT2D eigenvalue weighted by atomic mass is 9.95. The van der Waals surface area contributed by atoms with E-state index in [0.29, 0.717) is 0 Å². The summed E-state index contributed by atoms with van der Waals surface area (Å²) in [5, 5.41) is 0. The molecule has 1 N–H and O–H groups in total. The second-order valence-electron chi connectivity index (χ2n) is 33.3. The minimum absolute atomic E-state index is 0.0245. The third-order valence-electron chi connectivity index (χ3n) is 23.0. The Hall–Kier alpha value is -16.0. The topological polar surface area (TPSA) is 498 Å². The first kappa shape index (κ1) is 106. The predicted molar refractivity (Wildman–Crippen MR) is 511 cm³/mol. The van der Waals surface area contributed by atoms with Crippen molar-refractivity contribution in [2.24, 2.45) is 0 Å². The molecule has 4 aliphatic rings. The molecule has 4 fully saturated rings. The second-order valence-corrected chi connectivity index (χ2v) is 36.3. The van der Waals surface area contributed by atoms with E-state index >= 15 is 38.1 Å². The van der Waals surface area contributed by atoms with Crippen LogP contribution >= 0.6 is 16.3 Å². The highest BCUT2D eigenvalue weighted by Crippen LogP contribution is 2.51. The summed E-state index contributed by atoms with van der Waals surface area (Å²) in [6, 6.07) is 72.3. The molecular weight excluding hydrogens is 1980 g/mol. The number of aromatic nitrogens is 4. The minimum atomic E-state index is -6.43. The smallest absolute Gasteiger partial charge is 0.463 e. The number of esters is 13. The first-order chi connectivity index (χ1) is 72.2. The zero-order chi connectivity index (χ0) is 104. The maximum absolute atomic E-state index is 16.3.